The van der Waals surface area contributed by atoms with Gasteiger partial charge in [0.25, 0.3) is 0 Å². The summed E-state index contributed by atoms with van der Waals surface area (Å²) in [5.41, 5.74) is 6.79. The zero-order valence-corrected chi connectivity index (χ0v) is 12.6. The van der Waals surface area contributed by atoms with Gasteiger partial charge in [0.05, 0.1) is 31.6 Å². The third-order valence-electron chi connectivity index (χ3n) is 2.99. The number of benzene rings is 1. The average Bonchev–Trinajstić information content (AvgIpc) is 2.48. The first-order valence-electron chi connectivity index (χ1n) is 6.66. The van der Waals surface area contributed by atoms with E-state index in [0.29, 0.717) is 23.7 Å². The molecule has 21 heavy (non-hydrogen) atoms. The summed E-state index contributed by atoms with van der Waals surface area (Å²) in [6.07, 6.45) is 0. The molecule has 0 atom stereocenters. The van der Waals surface area contributed by atoms with Crippen molar-refractivity contribution in [3.8, 4) is 5.75 Å². The molecular formula is C14H22N4O3. The molecule has 116 valence electrons. The largest absolute Gasteiger partial charge is 0.497 e. The lowest BCUT2D eigenvalue weighted by Gasteiger charge is -2.19. The fourth-order valence-corrected chi connectivity index (χ4v) is 1.74. The van der Waals surface area contributed by atoms with Crippen molar-refractivity contribution in [2.45, 2.75) is 6.92 Å². The number of hydrogen-bond donors (Lipinski definition) is 3. The summed E-state index contributed by atoms with van der Waals surface area (Å²) >= 11 is 0. The van der Waals surface area contributed by atoms with Crippen LogP contribution in [0.4, 0.5) is 11.4 Å². The predicted molar refractivity (Wildman–Crippen MR) is 82.2 cm³/mol. The molecule has 0 heterocycles. The molecule has 0 aliphatic heterocycles. The number of anilines is 2. The van der Waals surface area contributed by atoms with Gasteiger partial charge in [-0.3, -0.25) is 14.5 Å². The molecule has 0 saturated heterocycles. The summed E-state index contributed by atoms with van der Waals surface area (Å²) in [5.74, 6) is 0.270. The smallest absolute Gasteiger partial charge is 0.238 e. The quantitative estimate of drug-likeness (QED) is 0.628. The van der Waals surface area contributed by atoms with Crippen LogP contribution in [0.1, 0.15) is 6.92 Å². The van der Waals surface area contributed by atoms with E-state index in [-0.39, 0.29) is 24.9 Å². The Bertz CT molecular complexity index is 505. The number of amides is 2. The lowest BCUT2D eigenvalue weighted by Crippen LogP contribution is -2.40. The zero-order valence-electron chi connectivity index (χ0n) is 12.6. The highest BCUT2D eigenvalue weighted by Gasteiger charge is 2.13. The molecule has 1 aromatic rings. The Morgan fingerprint density at radius 3 is 2.48 bits per heavy atom. The van der Waals surface area contributed by atoms with E-state index < -0.39 is 0 Å². The lowest BCUT2D eigenvalue weighted by atomic mass is 10.2. The molecule has 0 bridgehead atoms. The summed E-state index contributed by atoms with van der Waals surface area (Å²) in [6, 6.07) is 5.03. The van der Waals surface area contributed by atoms with Gasteiger partial charge in [0.15, 0.2) is 0 Å². The molecule has 7 nitrogen and oxygen atoms in total. The lowest BCUT2D eigenvalue weighted by molar-refractivity contribution is -0.123. The molecule has 2 amide bonds. The Morgan fingerprint density at radius 2 is 1.95 bits per heavy atom. The van der Waals surface area contributed by atoms with Crippen LogP contribution >= 0.6 is 0 Å². The van der Waals surface area contributed by atoms with Gasteiger partial charge in [-0.1, -0.05) is 6.92 Å². The number of nitrogen functional groups attached to an aromatic ring is 1. The van der Waals surface area contributed by atoms with E-state index >= 15 is 0 Å². The van der Waals surface area contributed by atoms with Gasteiger partial charge in [0.2, 0.25) is 11.8 Å². The highest BCUT2D eigenvalue weighted by Crippen LogP contribution is 2.23. The Balaban J connectivity index is 2.62. The molecule has 0 spiro atoms. The van der Waals surface area contributed by atoms with Crippen LogP contribution in [-0.2, 0) is 9.59 Å². The van der Waals surface area contributed by atoms with E-state index in [2.05, 4.69) is 10.6 Å². The topological polar surface area (TPSA) is 96.7 Å². The fourth-order valence-electron chi connectivity index (χ4n) is 1.74. The summed E-state index contributed by atoms with van der Waals surface area (Å²) in [5, 5.41) is 5.25. The molecule has 0 aromatic heterocycles. The molecular weight excluding hydrogens is 272 g/mol. The third kappa shape index (κ3) is 5.31. The summed E-state index contributed by atoms with van der Waals surface area (Å²) in [7, 11) is 3.11. The monoisotopic (exact) mass is 294 g/mol. The Morgan fingerprint density at radius 1 is 1.29 bits per heavy atom. The first-order chi connectivity index (χ1) is 9.99. The van der Waals surface area contributed by atoms with Gasteiger partial charge in [-0.25, -0.2) is 0 Å². The van der Waals surface area contributed by atoms with Crippen LogP contribution in [0.25, 0.3) is 0 Å². The van der Waals surface area contributed by atoms with Crippen LogP contribution in [0.5, 0.6) is 5.75 Å². The van der Waals surface area contributed by atoms with Gasteiger partial charge in [-0.05, 0) is 18.7 Å². The van der Waals surface area contributed by atoms with Gasteiger partial charge in [0.1, 0.15) is 5.75 Å². The van der Waals surface area contributed by atoms with Crippen molar-refractivity contribution in [3.05, 3.63) is 18.2 Å². The summed E-state index contributed by atoms with van der Waals surface area (Å²) in [6.45, 7) is 2.78. The number of ether oxygens (including phenoxy) is 1. The highest BCUT2D eigenvalue weighted by molar-refractivity contribution is 5.95. The molecule has 4 N–H and O–H groups in total. The number of likely N-dealkylation sites (N-methyl/N-ethyl adjacent to an activating group) is 2. The molecule has 1 aromatic carbocycles. The fraction of sp³-hybridized carbons (Fsp3) is 0.429. The van der Waals surface area contributed by atoms with Crippen molar-refractivity contribution in [1.29, 1.82) is 0 Å². The standard InChI is InChI=1S/C14H22N4O3/c1-4-18(8-13(19)16-2)9-14(20)17-12-6-5-10(21-3)7-11(12)15/h5-7H,4,8-9,15H2,1-3H3,(H,16,19)(H,17,20). The van der Waals surface area contributed by atoms with Gasteiger partial charge in [-0.2, -0.15) is 0 Å². The van der Waals surface area contributed by atoms with Crippen molar-refractivity contribution in [3.63, 3.8) is 0 Å². The molecule has 0 aliphatic rings. The van der Waals surface area contributed by atoms with E-state index in [1.165, 1.54) is 0 Å². The highest BCUT2D eigenvalue weighted by atomic mass is 16.5. The first kappa shape index (κ1) is 16.8. The van der Waals surface area contributed by atoms with Crippen LogP contribution < -0.4 is 21.1 Å². The number of carbonyl (C=O) groups is 2. The van der Waals surface area contributed by atoms with Gasteiger partial charge in [0, 0.05) is 13.1 Å². The second-order valence-electron chi connectivity index (χ2n) is 4.48. The van der Waals surface area contributed by atoms with Crippen LogP contribution in [0.15, 0.2) is 18.2 Å². The summed E-state index contributed by atoms with van der Waals surface area (Å²) < 4.78 is 5.05. The minimum atomic E-state index is -0.224. The van der Waals surface area contributed by atoms with E-state index in [1.807, 2.05) is 6.92 Å². The number of rotatable bonds is 7. The second kappa shape index (κ2) is 8.11. The van der Waals surface area contributed by atoms with Crippen molar-refractivity contribution in [2.75, 3.05) is 44.8 Å². The number of nitrogens with zero attached hydrogens (tertiary/aromatic N) is 1. The van der Waals surface area contributed by atoms with Crippen molar-refractivity contribution < 1.29 is 14.3 Å². The van der Waals surface area contributed by atoms with Gasteiger partial charge in [-0.15, -0.1) is 0 Å². The number of methoxy groups -OCH3 is 1. The number of nitrogens with one attached hydrogen (secondary N) is 2. The molecule has 0 saturated carbocycles. The van der Waals surface area contributed by atoms with Crippen LogP contribution in [0.3, 0.4) is 0 Å². The minimum Gasteiger partial charge on any atom is -0.497 e. The van der Waals surface area contributed by atoms with Crippen molar-refractivity contribution >= 4 is 23.2 Å². The molecule has 1 rings (SSSR count). The van der Waals surface area contributed by atoms with Gasteiger partial charge < -0.3 is 21.1 Å². The van der Waals surface area contributed by atoms with Crippen LogP contribution in [-0.4, -0.2) is 50.5 Å². The normalized spacial score (nSPS) is 10.3. The van der Waals surface area contributed by atoms with E-state index in [4.69, 9.17) is 10.5 Å². The van der Waals surface area contributed by atoms with E-state index in [1.54, 1.807) is 37.3 Å². The van der Waals surface area contributed by atoms with Crippen LogP contribution in [0, 0.1) is 0 Å². The Kier molecular flexibility index (Phi) is 6.48. The minimum absolute atomic E-state index is 0.120. The Hall–Kier alpha value is -2.28. The van der Waals surface area contributed by atoms with Gasteiger partial charge >= 0.3 is 0 Å². The maximum atomic E-state index is 12.0. The maximum Gasteiger partial charge on any atom is 0.238 e. The third-order valence-corrected chi connectivity index (χ3v) is 2.99. The Labute approximate surface area is 124 Å². The predicted octanol–water partition coefficient (Wildman–Crippen LogP) is 0.284. The second-order valence-corrected chi connectivity index (χ2v) is 4.48. The molecule has 0 radical (unpaired) electrons. The molecule has 0 fully saturated rings. The molecule has 0 aliphatic carbocycles. The number of carbonyl (C=O) groups excluding carboxylic acids is 2. The number of hydrogen-bond acceptors (Lipinski definition) is 5. The van der Waals surface area contributed by atoms with E-state index in [9.17, 15) is 9.59 Å². The van der Waals surface area contributed by atoms with Crippen LogP contribution in [0.2, 0.25) is 0 Å². The average molecular weight is 294 g/mol. The summed E-state index contributed by atoms with van der Waals surface area (Å²) in [4.78, 5) is 25.0. The molecule has 0 unspecified atom stereocenters. The van der Waals surface area contributed by atoms with E-state index in [0.717, 1.165) is 0 Å². The first-order valence-corrected chi connectivity index (χ1v) is 6.66. The maximum absolute atomic E-state index is 12.0. The molecule has 7 heteroatoms. The van der Waals surface area contributed by atoms with Crippen molar-refractivity contribution in [2.24, 2.45) is 0 Å². The SMILES string of the molecule is CCN(CC(=O)NC)CC(=O)Nc1ccc(OC)cc1N. The van der Waals surface area contributed by atoms with Crippen molar-refractivity contribution in [1.82, 2.24) is 10.2 Å². The zero-order chi connectivity index (χ0) is 15.8. The number of nitrogens with two attached hydrogens (primary N) is 1.